The zero-order valence-corrected chi connectivity index (χ0v) is 13.2. The Balaban J connectivity index is 1.92. The van der Waals surface area contributed by atoms with Gasteiger partial charge in [-0.15, -0.1) is 0 Å². The van der Waals surface area contributed by atoms with E-state index in [-0.39, 0.29) is 6.10 Å². The van der Waals surface area contributed by atoms with Gasteiger partial charge in [0, 0.05) is 6.04 Å². The summed E-state index contributed by atoms with van der Waals surface area (Å²) in [5.41, 5.74) is 2.46. The SMILES string of the molecule is CC(CCc1ccccc1)Nc1ccccc1OC(C)C. The lowest BCUT2D eigenvalue weighted by atomic mass is 10.1. The Hall–Kier alpha value is -1.96. The van der Waals surface area contributed by atoms with Gasteiger partial charge in [0.2, 0.25) is 0 Å². The fourth-order valence-corrected chi connectivity index (χ4v) is 2.31. The van der Waals surface area contributed by atoms with E-state index in [9.17, 15) is 0 Å². The molecule has 0 aliphatic heterocycles. The maximum Gasteiger partial charge on any atom is 0.142 e. The second kappa shape index (κ2) is 7.72. The molecule has 0 aromatic heterocycles. The number of hydrogen-bond acceptors (Lipinski definition) is 2. The summed E-state index contributed by atoms with van der Waals surface area (Å²) in [6.45, 7) is 6.32. The molecule has 2 nitrogen and oxygen atoms in total. The number of hydrogen-bond donors (Lipinski definition) is 1. The third-order valence-electron chi connectivity index (χ3n) is 3.36. The number of benzene rings is 2. The van der Waals surface area contributed by atoms with Crippen molar-refractivity contribution in [2.45, 2.75) is 45.8 Å². The van der Waals surface area contributed by atoms with Crippen molar-refractivity contribution >= 4 is 5.69 Å². The topological polar surface area (TPSA) is 21.3 Å². The first-order chi connectivity index (χ1) is 10.1. The minimum absolute atomic E-state index is 0.188. The van der Waals surface area contributed by atoms with Crippen LogP contribution in [0.5, 0.6) is 5.75 Å². The predicted octanol–water partition coefficient (Wildman–Crippen LogP) is 4.91. The molecule has 2 aromatic rings. The highest BCUT2D eigenvalue weighted by molar-refractivity contribution is 5.56. The lowest BCUT2D eigenvalue weighted by molar-refractivity contribution is 0.243. The van der Waals surface area contributed by atoms with Gasteiger partial charge >= 0.3 is 0 Å². The van der Waals surface area contributed by atoms with E-state index in [2.05, 4.69) is 62.5 Å². The van der Waals surface area contributed by atoms with E-state index < -0.39 is 0 Å². The molecule has 2 rings (SSSR count). The van der Waals surface area contributed by atoms with E-state index >= 15 is 0 Å². The molecular weight excluding hydrogens is 258 g/mol. The van der Waals surface area contributed by atoms with E-state index in [1.807, 2.05) is 18.2 Å². The first-order valence-electron chi connectivity index (χ1n) is 7.71. The number of anilines is 1. The standard InChI is InChI=1S/C19H25NO/c1-15(2)21-19-12-8-7-11-18(19)20-16(3)13-14-17-9-5-4-6-10-17/h4-12,15-16,20H,13-14H2,1-3H3. The van der Waals surface area contributed by atoms with Gasteiger partial charge in [-0.25, -0.2) is 0 Å². The van der Waals surface area contributed by atoms with Crippen LogP contribution in [0.3, 0.4) is 0 Å². The van der Waals surface area contributed by atoms with Gasteiger partial charge in [0.1, 0.15) is 5.75 Å². The minimum atomic E-state index is 0.188. The summed E-state index contributed by atoms with van der Waals surface area (Å²) < 4.78 is 5.85. The van der Waals surface area contributed by atoms with Gasteiger partial charge in [-0.05, 0) is 51.3 Å². The molecule has 0 aliphatic rings. The van der Waals surface area contributed by atoms with E-state index in [0.717, 1.165) is 24.3 Å². The summed E-state index contributed by atoms with van der Waals surface area (Å²) in [5.74, 6) is 0.930. The lowest BCUT2D eigenvalue weighted by Gasteiger charge is -2.19. The van der Waals surface area contributed by atoms with E-state index in [0.29, 0.717) is 6.04 Å². The molecule has 0 bridgehead atoms. The summed E-state index contributed by atoms with van der Waals surface area (Å²) in [7, 11) is 0. The summed E-state index contributed by atoms with van der Waals surface area (Å²) in [4.78, 5) is 0. The fourth-order valence-electron chi connectivity index (χ4n) is 2.31. The quantitative estimate of drug-likeness (QED) is 0.779. The van der Waals surface area contributed by atoms with Crippen LogP contribution in [-0.4, -0.2) is 12.1 Å². The van der Waals surface area contributed by atoms with Crippen molar-refractivity contribution in [3.8, 4) is 5.75 Å². The molecule has 0 saturated carbocycles. The zero-order chi connectivity index (χ0) is 15.1. The van der Waals surface area contributed by atoms with Crippen molar-refractivity contribution in [1.29, 1.82) is 0 Å². The third kappa shape index (κ3) is 5.14. The maximum atomic E-state index is 5.85. The molecule has 1 unspecified atom stereocenters. The lowest BCUT2D eigenvalue weighted by Crippen LogP contribution is -2.17. The van der Waals surface area contributed by atoms with Crippen LogP contribution in [0.4, 0.5) is 5.69 Å². The highest BCUT2D eigenvalue weighted by Crippen LogP contribution is 2.26. The number of rotatable bonds is 7. The molecule has 0 fully saturated rings. The van der Waals surface area contributed by atoms with Crippen LogP contribution in [0.15, 0.2) is 54.6 Å². The minimum Gasteiger partial charge on any atom is -0.489 e. The Morgan fingerprint density at radius 2 is 1.57 bits per heavy atom. The highest BCUT2D eigenvalue weighted by Gasteiger charge is 2.08. The molecule has 2 aromatic carbocycles. The second-order valence-corrected chi connectivity index (χ2v) is 5.73. The van der Waals surface area contributed by atoms with Crippen LogP contribution in [0.2, 0.25) is 0 Å². The van der Waals surface area contributed by atoms with Crippen LogP contribution in [0, 0.1) is 0 Å². The van der Waals surface area contributed by atoms with Gasteiger partial charge in [0.25, 0.3) is 0 Å². The molecule has 112 valence electrons. The van der Waals surface area contributed by atoms with Gasteiger partial charge in [-0.1, -0.05) is 42.5 Å². The van der Waals surface area contributed by atoms with E-state index in [1.54, 1.807) is 0 Å². The first-order valence-corrected chi connectivity index (χ1v) is 7.71. The van der Waals surface area contributed by atoms with Gasteiger partial charge in [-0.2, -0.15) is 0 Å². The molecule has 0 saturated heterocycles. The van der Waals surface area contributed by atoms with Gasteiger partial charge in [-0.3, -0.25) is 0 Å². The molecule has 0 radical (unpaired) electrons. The molecule has 21 heavy (non-hydrogen) atoms. The Bertz CT molecular complexity index is 536. The summed E-state index contributed by atoms with van der Waals surface area (Å²) in [6, 6.07) is 19.2. The van der Waals surface area contributed by atoms with Crippen molar-refractivity contribution in [1.82, 2.24) is 0 Å². The van der Waals surface area contributed by atoms with E-state index in [4.69, 9.17) is 4.74 Å². The average molecular weight is 283 g/mol. The number of para-hydroxylation sites is 2. The van der Waals surface area contributed by atoms with E-state index in [1.165, 1.54) is 5.56 Å². The molecule has 1 N–H and O–H groups in total. The van der Waals surface area contributed by atoms with Gasteiger partial charge in [0.15, 0.2) is 0 Å². The number of ether oxygens (including phenoxy) is 1. The summed E-state index contributed by atoms with van der Waals surface area (Å²) in [6.07, 6.45) is 2.37. The van der Waals surface area contributed by atoms with Crippen LogP contribution in [0.25, 0.3) is 0 Å². The molecule has 0 heterocycles. The van der Waals surface area contributed by atoms with Crippen LogP contribution >= 0.6 is 0 Å². The summed E-state index contributed by atoms with van der Waals surface area (Å²) in [5, 5.41) is 3.56. The molecule has 0 aliphatic carbocycles. The molecule has 0 amide bonds. The molecule has 1 atom stereocenters. The van der Waals surface area contributed by atoms with Crippen molar-refractivity contribution in [3.05, 3.63) is 60.2 Å². The van der Waals surface area contributed by atoms with Crippen LogP contribution in [0.1, 0.15) is 32.8 Å². The monoisotopic (exact) mass is 283 g/mol. The molecule has 2 heteroatoms. The number of nitrogens with one attached hydrogen (secondary N) is 1. The normalized spacial score (nSPS) is 12.2. The maximum absolute atomic E-state index is 5.85. The first kappa shape index (κ1) is 15.4. The van der Waals surface area contributed by atoms with Crippen molar-refractivity contribution in [2.24, 2.45) is 0 Å². The third-order valence-corrected chi connectivity index (χ3v) is 3.36. The highest BCUT2D eigenvalue weighted by atomic mass is 16.5. The van der Waals surface area contributed by atoms with Crippen molar-refractivity contribution in [3.63, 3.8) is 0 Å². The summed E-state index contributed by atoms with van der Waals surface area (Å²) >= 11 is 0. The molecular formula is C19H25NO. The van der Waals surface area contributed by atoms with Gasteiger partial charge in [0.05, 0.1) is 11.8 Å². The van der Waals surface area contributed by atoms with Crippen LogP contribution < -0.4 is 10.1 Å². The Labute approximate surface area is 128 Å². The van der Waals surface area contributed by atoms with Crippen molar-refractivity contribution < 1.29 is 4.74 Å². The smallest absolute Gasteiger partial charge is 0.142 e. The zero-order valence-electron chi connectivity index (χ0n) is 13.2. The largest absolute Gasteiger partial charge is 0.489 e. The van der Waals surface area contributed by atoms with Crippen LogP contribution in [-0.2, 0) is 6.42 Å². The number of aryl methyl sites for hydroxylation is 1. The predicted molar refractivity (Wildman–Crippen MR) is 90.1 cm³/mol. The van der Waals surface area contributed by atoms with Gasteiger partial charge < -0.3 is 10.1 Å². The Morgan fingerprint density at radius 3 is 2.29 bits per heavy atom. The van der Waals surface area contributed by atoms with Crippen molar-refractivity contribution in [2.75, 3.05) is 5.32 Å². The second-order valence-electron chi connectivity index (χ2n) is 5.73. The Morgan fingerprint density at radius 1 is 0.905 bits per heavy atom. The fraction of sp³-hybridized carbons (Fsp3) is 0.368. The molecule has 0 spiro atoms. The Kier molecular flexibility index (Phi) is 5.68. The average Bonchev–Trinajstić information content (AvgIpc) is 2.48.